The van der Waals surface area contributed by atoms with Gasteiger partial charge in [-0.25, -0.2) is 0 Å². The Morgan fingerprint density at radius 3 is 2.64 bits per heavy atom. The summed E-state index contributed by atoms with van der Waals surface area (Å²) >= 11 is 0. The average molecular weight is 392 g/mol. The van der Waals surface area contributed by atoms with Crippen LogP contribution in [0.2, 0.25) is 0 Å². The van der Waals surface area contributed by atoms with Gasteiger partial charge in [0.1, 0.15) is 6.10 Å². The number of esters is 2. The minimum absolute atomic E-state index is 0.266. The molecule has 4 saturated heterocycles. The van der Waals surface area contributed by atoms with Crippen molar-refractivity contribution in [3.05, 3.63) is 11.6 Å². The molecule has 1 saturated carbocycles. The highest BCUT2D eigenvalue weighted by molar-refractivity contribution is 5.77. The molecule has 5 aliphatic heterocycles. The van der Waals surface area contributed by atoms with Gasteiger partial charge in [0.15, 0.2) is 11.9 Å². The van der Waals surface area contributed by atoms with E-state index in [9.17, 15) is 19.8 Å². The second-order valence-electron chi connectivity index (χ2n) is 9.67. The van der Waals surface area contributed by atoms with Crippen molar-refractivity contribution in [3.8, 4) is 0 Å². The molecular weight excluding hydrogens is 368 g/mol. The number of hydrogen-bond donors (Lipinski definition) is 2. The van der Waals surface area contributed by atoms with Gasteiger partial charge in [-0.05, 0) is 31.9 Å². The predicted molar refractivity (Wildman–Crippen MR) is 90.1 cm³/mol. The lowest BCUT2D eigenvalue weighted by molar-refractivity contribution is -0.390. The number of rotatable bonds is 0. The van der Waals surface area contributed by atoms with Crippen molar-refractivity contribution in [2.24, 2.45) is 29.6 Å². The van der Waals surface area contributed by atoms with Gasteiger partial charge in [0.05, 0.1) is 29.5 Å². The molecule has 0 amide bonds. The Bertz CT molecular complexity index is 834. The largest absolute Gasteiger partial charge is 0.462 e. The molecule has 152 valence electrons. The third-order valence-corrected chi connectivity index (χ3v) is 8.06. The first-order valence-electron chi connectivity index (χ1n) is 10.0. The number of aliphatic hydroxyl groups is 2. The van der Waals surface area contributed by atoms with Crippen molar-refractivity contribution >= 4 is 11.9 Å². The maximum Gasteiger partial charge on any atom is 0.312 e. The van der Waals surface area contributed by atoms with Crippen LogP contribution in [0.4, 0.5) is 0 Å². The van der Waals surface area contributed by atoms with Crippen LogP contribution in [0.3, 0.4) is 0 Å². The Morgan fingerprint density at radius 1 is 1.14 bits per heavy atom. The number of carbonyl (C=O) groups is 2. The zero-order valence-electron chi connectivity index (χ0n) is 16.0. The normalized spacial score (nSPS) is 61.1. The summed E-state index contributed by atoms with van der Waals surface area (Å²) in [6.07, 6.45) is 0.569. The van der Waals surface area contributed by atoms with E-state index < -0.39 is 59.2 Å². The van der Waals surface area contributed by atoms with Crippen LogP contribution in [-0.2, 0) is 28.5 Å². The molecule has 8 heteroatoms. The first-order chi connectivity index (χ1) is 13.1. The van der Waals surface area contributed by atoms with Crippen LogP contribution in [-0.4, -0.2) is 57.6 Å². The van der Waals surface area contributed by atoms with Crippen molar-refractivity contribution in [1.82, 2.24) is 0 Å². The number of fused-ring (bicyclic) bond motifs is 5. The fraction of sp³-hybridized carbons (Fsp3) is 0.800. The van der Waals surface area contributed by atoms with Gasteiger partial charge in [0.25, 0.3) is 0 Å². The second kappa shape index (κ2) is 4.80. The molecule has 0 radical (unpaired) electrons. The maximum atomic E-state index is 12.7. The van der Waals surface area contributed by atoms with Gasteiger partial charge in [-0.1, -0.05) is 6.92 Å². The smallest absolute Gasteiger partial charge is 0.312 e. The van der Waals surface area contributed by atoms with Crippen LogP contribution in [0.1, 0.15) is 33.6 Å². The Hall–Kier alpha value is -1.48. The van der Waals surface area contributed by atoms with E-state index in [1.165, 1.54) is 0 Å². The van der Waals surface area contributed by atoms with Gasteiger partial charge in [0, 0.05) is 18.3 Å². The van der Waals surface area contributed by atoms with E-state index in [0.717, 1.165) is 0 Å². The molecule has 2 N–H and O–H groups in total. The number of carbonyl (C=O) groups excluding carboxylic acids is 2. The highest BCUT2D eigenvalue weighted by Crippen LogP contribution is 2.64. The van der Waals surface area contributed by atoms with E-state index in [1.807, 2.05) is 0 Å². The summed E-state index contributed by atoms with van der Waals surface area (Å²) in [6.45, 7) is 5.18. The van der Waals surface area contributed by atoms with E-state index >= 15 is 0 Å². The molecule has 11 atom stereocenters. The Kier molecular flexibility index (Phi) is 2.98. The van der Waals surface area contributed by atoms with E-state index in [-0.39, 0.29) is 17.8 Å². The third-order valence-electron chi connectivity index (χ3n) is 8.06. The standard InChI is InChI=1S/C20H24O8/c1-7-5-19-14-12-11(6-18(14,3)23)25-17(22)13(12)10(27-19)4-9-8(2)16(21)26-15(9)20(7,24)28-19/h5,8-15,23-24H,4,6H2,1-3H3/t8-,9-,10+,11-,12+,13-,14-,15?,18+,19-,20-/m0/s1. The molecule has 3 bridgehead atoms. The second-order valence-corrected chi connectivity index (χ2v) is 9.67. The first kappa shape index (κ1) is 17.4. The Morgan fingerprint density at radius 2 is 1.89 bits per heavy atom. The van der Waals surface area contributed by atoms with Crippen LogP contribution < -0.4 is 0 Å². The molecule has 5 fully saturated rings. The average Bonchev–Trinajstić information content (AvgIpc) is 3.21. The lowest BCUT2D eigenvalue weighted by Crippen LogP contribution is -2.64. The SMILES string of the molecule is CC1=C[C@]23O[C@H](C[C@@H]4C(OC(=O)[C@H]4C)[C@@]1(O)O2)[C@@H]1C(=O)O[C@H]2C[C@@](C)(O)[C@@H]3[C@@H]12. The predicted octanol–water partition coefficient (Wildman–Crippen LogP) is 0.257. The summed E-state index contributed by atoms with van der Waals surface area (Å²) < 4.78 is 23.8. The van der Waals surface area contributed by atoms with Gasteiger partial charge in [0.2, 0.25) is 5.79 Å². The van der Waals surface area contributed by atoms with Crippen LogP contribution in [0.15, 0.2) is 11.6 Å². The van der Waals surface area contributed by atoms with E-state index in [2.05, 4.69) is 0 Å². The van der Waals surface area contributed by atoms with Gasteiger partial charge in [-0.3, -0.25) is 9.59 Å². The first-order valence-corrected chi connectivity index (χ1v) is 10.0. The summed E-state index contributed by atoms with van der Waals surface area (Å²) in [5, 5.41) is 22.7. The van der Waals surface area contributed by atoms with Crippen molar-refractivity contribution in [1.29, 1.82) is 0 Å². The van der Waals surface area contributed by atoms with Crippen LogP contribution in [0.25, 0.3) is 0 Å². The minimum atomic E-state index is -1.82. The van der Waals surface area contributed by atoms with Gasteiger partial charge < -0.3 is 29.2 Å². The fourth-order valence-corrected chi connectivity index (χ4v) is 6.90. The lowest BCUT2D eigenvalue weighted by atomic mass is 9.68. The molecule has 0 aromatic rings. The Labute approximate surface area is 161 Å². The summed E-state index contributed by atoms with van der Waals surface area (Å²) in [4.78, 5) is 25.0. The molecule has 8 nitrogen and oxygen atoms in total. The van der Waals surface area contributed by atoms with Gasteiger partial charge in [-0.15, -0.1) is 0 Å². The topological polar surface area (TPSA) is 112 Å². The van der Waals surface area contributed by atoms with E-state index in [1.54, 1.807) is 26.8 Å². The van der Waals surface area contributed by atoms with Crippen LogP contribution in [0, 0.1) is 29.6 Å². The minimum Gasteiger partial charge on any atom is -0.462 e. The molecule has 0 aromatic heterocycles. The zero-order valence-corrected chi connectivity index (χ0v) is 16.0. The highest BCUT2D eigenvalue weighted by atomic mass is 16.8. The van der Waals surface area contributed by atoms with Crippen molar-refractivity contribution in [3.63, 3.8) is 0 Å². The van der Waals surface area contributed by atoms with E-state index in [0.29, 0.717) is 18.4 Å². The summed E-state index contributed by atoms with van der Waals surface area (Å²) in [7, 11) is 0. The monoisotopic (exact) mass is 392 g/mol. The molecule has 6 rings (SSSR count). The maximum absolute atomic E-state index is 12.7. The molecule has 1 spiro atoms. The van der Waals surface area contributed by atoms with Gasteiger partial charge in [-0.2, -0.15) is 0 Å². The molecule has 5 heterocycles. The number of ether oxygens (including phenoxy) is 4. The van der Waals surface area contributed by atoms with Crippen LogP contribution >= 0.6 is 0 Å². The highest BCUT2D eigenvalue weighted by Gasteiger charge is 2.76. The molecular formula is C20H24O8. The summed E-state index contributed by atoms with van der Waals surface area (Å²) in [5.41, 5.74) is -0.701. The Balaban J connectivity index is 1.55. The van der Waals surface area contributed by atoms with Crippen molar-refractivity contribution < 1.29 is 38.7 Å². The zero-order chi connectivity index (χ0) is 19.8. The quantitative estimate of drug-likeness (QED) is 0.446. The molecule has 6 aliphatic rings. The van der Waals surface area contributed by atoms with Crippen molar-refractivity contribution in [2.45, 2.75) is 69.1 Å². The van der Waals surface area contributed by atoms with Crippen molar-refractivity contribution in [2.75, 3.05) is 0 Å². The fourth-order valence-electron chi connectivity index (χ4n) is 6.90. The van der Waals surface area contributed by atoms with Gasteiger partial charge >= 0.3 is 11.9 Å². The summed E-state index contributed by atoms with van der Waals surface area (Å²) in [5.74, 6) is -6.09. The molecule has 1 unspecified atom stereocenters. The van der Waals surface area contributed by atoms with E-state index in [4.69, 9.17) is 18.9 Å². The molecule has 0 aromatic carbocycles. The molecule has 1 aliphatic carbocycles. The number of hydrogen-bond acceptors (Lipinski definition) is 8. The van der Waals surface area contributed by atoms with Crippen LogP contribution in [0.5, 0.6) is 0 Å². The lowest BCUT2D eigenvalue weighted by Gasteiger charge is -2.53. The third kappa shape index (κ3) is 1.77. The molecule has 28 heavy (non-hydrogen) atoms. The summed E-state index contributed by atoms with van der Waals surface area (Å²) in [6, 6.07) is 0.